The van der Waals surface area contributed by atoms with E-state index in [1.807, 2.05) is 33.0 Å². The molecule has 3 heteroatoms. The summed E-state index contributed by atoms with van der Waals surface area (Å²) in [6, 6.07) is 6.14. The summed E-state index contributed by atoms with van der Waals surface area (Å²) < 4.78 is 0. The fraction of sp³-hybridized carbons (Fsp3) is 0.462. The first-order chi connectivity index (χ1) is 7.54. The van der Waals surface area contributed by atoms with E-state index in [0.29, 0.717) is 13.0 Å². The van der Waals surface area contributed by atoms with E-state index in [4.69, 9.17) is 5.73 Å². The average Bonchev–Trinajstić information content (AvgIpc) is 2.23. The van der Waals surface area contributed by atoms with Gasteiger partial charge in [-0.05, 0) is 50.1 Å². The van der Waals surface area contributed by atoms with Crippen LogP contribution in [0.25, 0.3) is 0 Å². The first-order valence-corrected chi connectivity index (χ1v) is 5.59. The van der Waals surface area contributed by atoms with E-state index >= 15 is 0 Å². The van der Waals surface area contributed by atoms with Gasteiger partial charge in [0.15, 0.2) is 0 Å². The lowest BCUT2D eigenvalue weighted by Crippen LogP contribution is -2.26. The molecule has 0 aliphatic heterocycles. The van der Waals surface area contributed by atoms with Crippen LogP contribution < -0.4 is 10.6 Å². The second-order valence-electron chi connectivity index (χ2n) is 4.19. The van der Waals surface area contributed by atoms with Crippen LogP contribution in [0.15, 0.2) is 18.2 Å². The molecule has 0 spiro atoms. The number of nitrogens with two attached hydrogens (primary N) is 1. The Balaban J connectivity index is 2.79. The number of carbonyl (C=O) groups is 1. The van der Waals surface area contributed by atoms with E-state index in [-0.39, 0.29) is 5.91 Å². The Morgan fingerprint density at radius 2 is 1.81 bits per heavy atom. The second-order valence-corrected chi connectivity index (χ2v) is 4.19. The fourth-order valence-corrected chi connectivity index (χ4v) is 1.71. The van der Waals surface area contributed by atoms with Gasteiger partial charge in [-0.15, -0.1) is 0 Å². The standard InChI is InChI=1S/C13H20N2O/c1-10-7-11(2)9-12(8-10)15(3)13(16)5-4-6-14/h7-9H,4-6,14H2,1-3H3. The van der Waals surface area contributed by atoms with E-state index in [2.05, 4.69) is 6.07 Å². The Morgan fingerprint density at radius 3 is 2.31 bits per heavy atom. The maximum atomic E-state index is 11.8. The van der Waals surface area contributed by atoms with Crippen molar-refractivity contribution in [2.24, 2.45) is 5.73 Å². The molecular formula is C13H20N2O. The Labute approximate surface area is 97.2 Å². The third-order valence-corrected chi connectivity index (χ3v) is 2.56. The fourth-order valence-electron chi connectivity index (χ4n) is 1.71. The molecule has 1 aromatic carbocycles. The molecule has 0 aliphatic carbocycles. The SMILES string of the molecule is Cc1cc(C)cc(N(C)C(=O)CCCN)c1. The summed E-state index contributed by atoms with van der Waals surface area (Å²) in [5, 5.41) is 0. The van der Waals surface area contributed by atoms with Crippen LogP contribution in [0.4, 0.5) is 5.69 Å². The van der Waals surface area contributed by atoms with Crippen LogP contribution in [0.1, 0.15) is 24.0 Å². The third-order valence-electron chi connectivity index (χ3n) is 2.56. The number of rotatable bonds is 4. The monoisotopic (exact) mass is 220 g/mol. The van der Waals surface area contributed by atoms with Gasteiger partial charge in [0.1, 0.15) is 0 Å². The van der Waals surface area contributed by atoms with Crippen molar-refractivity contribution in [2.75, 3.05) is 18.5 Å². The molecule has 0 bridgehead atoms. The van der Waals surface area contributed by atoms with Gasteiger partial charge in [-0.1, -0.05) is 6.07 Å². The van der Waals surface area contributed by atoms with Crippen LogP contribution in [0, 0.1) is 13.8 Å². The average molecular weight is 220 g/mol. The first-order valence-electron chi connectivity index (χ1n) is 5.59. The van der Waals surface area contributed by atoms with Crippen molar-refractivity contribution in [2.45, 2.75) is 26.7 Å². The largest absolute Gasteiger partial charge is 0.330 e. The summed E-state index contributed by atoms with van der Waals surface area (Å²) in [7, 11) is 1.81. The lowest BCUT2D eigenvalue weighted by molar-refractivity contribution is -0.118. The maximum Gasteiger partial charge on any atom is 0.226 e. The van der Waals surface area contributed by atoms with Gasteiger partial charge in [-0.3, -0.25) is 4.79 Å². The van der Waals surface area contributed by atoms with Crippen molar-refractivity contribution in [3.63, 3.8) is 0 Å². The van der Waals surface area contributed by atoms with Crippen molar-refractivity contribution >= 4 is 11.6 Å². The van der Waals surface area contributed by atoms with Crippen molar-refractivity contribution in [1.82, 2.24) is 0 Å². The quantitative estimate of drug-likeness (QED) is 0.843. The smallest absolute Gasteiger partial charge is 0.226 e. The summed E-state index contributed by atoms with van der Waals surface area (Å²) in [5.41, 5.74) is 8.70. The Morgan fingerprint density at radius 1 is 1.25 bits per heavy atom. The Hall–Kier alpha value is -1.35. The van der Waals surface area contributed by atoms with Gasteiger partial charge in [-0.25, -0.2) is 0 Å². The zero-order valence-electron chi connectivity index (χ0n) is 10.3. The van der Waals surface area contributed by atoms with Gasteiger partial charge in [0.2, 0.25) is 5.91 Å². The van der Waals surface area contributed by atoms with Gasteiger partial charge in [-0.2, -0.15) is 0 Å². The molecule has 0 aromatic heterocycles. The predicted octanol–water partition coefficient (Wildman–Crippen LogP) is 2.01. The lowest BCUT2D eigenvalue weighted by Gasteiger charge is -2.18. The number of hydrogen-bond acceptors (Lipinski definition) is 2. The van der Waals surface area contributed by atoms with E-state index in [0.717, 1.165) is 12.1 Å². The Bertz CT molecular complexity index is 354. The van der Waals surface area contributed by atoms with Crippen LogP contribution in [-0.2, 0) is 4.79 Å². The molecule has 0 heterocycles. The summed E-state index contributed by atoms with van der Waals surface area (Å²) in [6.07, 6.45) is 1.26. The van der Waals surface area contributed by atoms with Crippen LogP contribution in [-0.4, -0.2) is 19.5 Å². The van der Waals surface area contributed by atoms with Crippen molar-refractivity contribution < 1.29 is 4.79 Å². The predicted molar refractivity (Wildman–Crippen MR) is 67.6 cm³/mol. The van der Waals surface area contributed by atoms with Gasteiger partial charge in [0.05, 0.1) is 0 Å². The molecule has 3 nitrogen and oxygen atoms in total. The molecule has 0 radical (unpaired) electrons. The lowest BCUT2D eigenvalue weighted by atomic mass is 10.1. The first kappa shape index (κ1) is 12.7. The van der Waals surface area contributed by atoms with Crippen molar-refractivity contribution in [1.29, 1.82) is 0 Å². The summed E-state index contributed by atoms with van der Waals surface area (Å²) in [6.45, 7) is 4.63. The number of nitrogens with zero attached hydrogens (tertiary/aromatic N) is 1. The van der Waals surface area contributed by atoms with E-state index in [9.17, 15) is 4.79 Å². The topological polar surface area (TPSA) is 46.3 Å². The number of anilines is 1. The third kappa shape index (κ3) is 3.35. The molecule has 0 aliphatic rings. The molecule has 2 N–H and O–H groups in total. The molecule has 0 unspecified atom stereocenters. The van der Waals surface area contributed by atoms with E-state index < -0.39 is 0 Å². The molecule has 88 valence electrons. The highest BCUT2D eigenvalue weighted by Crippen LogP contribution is 2.18. The molecule has 16 heavy (non-hydrogen) atoms. The highest BCUT2D eigenvalue weighted by Gasteiger charge is 2.10. The molecule has 0 saturated heterocycles. The maximum absolute atomic E-state index is 11.8. The normalized spacial score (nSPS) is 10.2. The number of benzene rings is 1. The number of carbonyl (C=O) groups excluding carboxylic acids is 1. The molecule has 0 saturated carbocycles. The summed E-state index contributed by atoms with van der Waals surface area (Å²) in [5.74, 6) is 0.121. The van der Waals surface area contributed by atoms with Gasteiger partial charge < -0.3 is 10.6 Å². The van der Waals surface area contributed by atoms with Crippen molar-refractivity contribution in [3.8, 4) is 0 Å². The van der Waals surface area contributed by atoms with E-state index in [1.165, 1.54) is 11.1 Å². The Kier molecular flexibility index (Phi) is 4.50. The molecule has 0 atom stereocenters. The van der Waals surface area contributed by atoms with Crippen LogP contribution in [0.2, 0.25) is 0 Å². The molecule has 1 amide bonds. The number of aryl methyl sites for hydroxylation is 2. The number of amides is 1. The number of hydrogen-bond donors (Lipinski definition) is 1. The highest BCUT2D eigenvalue weighted by atomic mass is 16.2. The summed E-state index contributed by atoms with van der Waals surface area (Å²) >= 11 is 0. The zero-order valence-corrected chi connectivity index (χ0v) is 10.3. The summed E-state index contributed by atoms with van der Waals surface area (Å²) in [4.78, 5) is 13.5. The minimum atomic E-state index is 0.121. The zero-order chi connectivity index (χ0) is 12.1. The minimum absolute atomic E-state index is 0.121. The molecule has 1 aromatic rings. The minimum Gasteiger partial charge on any atom is -0.330 e. The van der Waals surface area contributed by atoms with Gasteiger partial charge >= 0.3 is 0 Å². The molecule has 1 rings (SSSR count). The highest BCUT2D eigenvalue weighted by molar-refractivity contribution is 5.92. The van der Waals surface area contributed by atoms with Crippen LogP contribution in [0.3, 0.4) is 0 Å². The molecular weight excluding hydrogens is 200 g/mol. The molecule has 0 fully saturated rings. The van der Waals surface area contributed by atoms with Crippen molar-refractivity contribution in [3.05, 3.63) is 29.3 Å². The van der Waals surface area contributed by atoms with Gasteiger partial charge in [0.25, 0.3) is 0 Å². The van der Waals surface area contributed by atoms with E-state index in [1.54, 1.807) is 4.90 Å². The van der Waals surface area contributed by atoms with Gasteiger partial charge in [0, 0.05) is 19.2 Å². The second kappa shape index (κ2) is 5.66. The van der Waals surface area contributed by atoms with Crippen LogP contribution in [0.5, 0.6) is 0 Å². The van der Waals surface area contributed by atoms with Crippen LogP contribution >= 0.6 is 0 Å².